The number of aliphatic hydroxyl groups is 1. The summed E-state index contributed by atoms with van der Waals surface area (Å²) in [6.45, 7) is 1.78. The first-order chi connectivity index (χ1) is 9.90. The number of esters is 1. The Labute approximate surface area is 124 Å². The summed E-state index contributed by atoms with van der Waals surface area (Å²) in [5.74, 6) is -1.18. The highest BCUT2D eigenvalue weighted by Crippen LogP contribution is 2.27. The van der Waals surface area contributed by atoms with Gasteiger partial charge in [0.15, 0.2) is 11.4 Å². The van der Waals surface area contributed by atoms with Crippen molar-refractivity contribution in [2.75, 3.05) is 20.7 Å². The van der Waals surface area contributed by atoms with Crippen LogP contribution in [0.4, 0.5) is 0 Å². The molecule has 1 rings (SSSR count). The van der Waals surface area contributed by atoms with E-state index in [1.807, 2.05) is 0 Å². The molecule has 0 saturated carbocycles. The molecule has 1 unspecified atom stereocenters. The molecule has 0 bridgehead atoms. The molecular weight excluding hydrogens is 270 g/mol. The van der Waals surface area contributed by atoms with E-state index in [2.05, 4.69) is 0 Å². The van der Waals surface area contributed by atoms with Crippen molar-refractivity contribution in [2.24, 2.45) is 0 Å². The maximum Gasteiger partial charge on any atom is 0.343 e. The zero-order valence-electron chi connectivity index (χ0n) is 12.6. The Balaban J connectivity index is 3.03. The molecule has 114 valence electrons. The molecule has 1 N–H and O–H groups in total. The van der Waals surface area contributed by atoms with Gasteiger partial charge in [0.1, 0.15) is 0 Å². The topological polar surface area (TPSA) is 66.8 Å². The van der Waals surface area contributed by atoms with E-state index in [0.29, 0.717) is 5.56 Å². The second-order valence-electron chi connectivity index (χ2n) is 4.87. The number of benzene rings is 1. The molecular formula is C16H21NO4. The molecule has 0 aliphatic carbocycles. The van der Waals surface area contributed by atoms with Gasteiger partial charge in [0.05, 0.1) is 13.0 Å². The Morgan fingerprint density at radius 3 is 2.43 bits per heavy atom. The van der Waals surface area contributed by atoms with Crippen LogP contribution in [-0.4, -0.2) is 42.5 Å². The van der Waals surface area contributed by atoms with E-state index in [4.69, 9.17) is 4.74 Å². The molecule has 21 heavy (non-hydrogen) atoms. The maximum absolute atomic E-state index is 12.1. The molecule has 0 spiro atoms. The van der Waals surface area contributed by atoms with E-state index in [1.54, 1.807) is 62.5 Å². The molecule has 0 fully saturated rings. The smallest absolute Gasteiger partial charge is 0.343 e. The molecule has 5 heteroatoms. The van der Waals surface area contributed by atoms with Gasteiger partial charge in [-0.05, 0) is 18.6 Å². The number of hydrogen-bond donors (Lipinski definition) is 1. The van der Waals surface area contributed by atoms with Gasteiger partial charge in [0.25, 0.3) is 0 Å². The number of allylic oxidation sites excluding steroid dienone is 1. The van der Waals surface area contributed by atoms with E-state index in [0.717, 1.165) is 0 Å². The molecule has 0 aliphatic heterocycles. The van der Waals surface area contributed by atoms with Crippen molar-refractivity contribution >= 4 is 11.8 Å². The summed E-state index contributed by atoms with van der Waals surface area (Å²) in [6.07, 6.45) is 2.53. The minimum atomic E-state index is -1.97. The van der Waals surface area contributed by atoms with Gasteiger partial charge >= 0.3 is 5.97 Å². The van der Waals surface area contributed by atoms with Crippen LogP contribution >= 0.6 is 0 Å². The quantitative estimate of drug-likeness (QED) is 0.609. The minimum absolute atomic E-state index is 0.135. The zero-order chi connectivity index (χ0) is 15.9. The van der Waals surface area contributed by atoms with Gasteiger partial charge in [-0.1, -0.05) is 30.3 Å². The van der Waals surface area contributed by atoms with Gasteiger partial charge in [-0.25, -0.2) is 4.79 Å². The predicted molar refractivity (Wildman–Crippen MR) is 79.4 cm³/mol. The Morgan fingerprint density at radius 2 is 1.90 bits per heavy atom. The number of carbonyl (C=O) groups excluding carboxylic acids is 2. The highest BCUT2D eigenvalue weighted by Gasteiger charge is 2.41. The number of hydrogen-bond acceptors (Lipinski definition) is 5. The third-order valence-corrected chi connectivity index (χ3v) is 2.85. The lowest BCUT2D eigenvalue weighted by atomic mass is 9.88. The van der Waals surface area contributed by atoms with E-state index < -0.39 is 11.6 Å². The lowest BCUT2D eigenvalue weighted by Gasteiger charge is -2.25. The van der Waals surface area contributed by atoms with Crippen molar-refractivity contribution < 1.29 is 19.4 Å². The third-order valence-electron chi connectivity index (χ3n) is 2.85. The highest BCUT2D eigenvalue weighted by atomic mass is 16.5. The molecule has 1 aromatic rings. The van der Waals surface area contributed by atoms with Crippen LogP contribution in [0.1, 0.15) is 18.9 Å². The second kappa shape index (κ2) is 7.59. The van der Waals surface area contributed by atoms with Gasteiger partial charge in [-0.15, -0.1) is 0 Å². The van der Waals surface area contributed by atoms with E-state index in [-0.39, 0.29) is 18.8 Å². The molecule has 1 aromatic carbocycles. The number of ether oxygens (including phenoxy) is 1. The lowest BCUT2D eigenvalue weighted by molar-refractivity contribution is -0.168. The molecule has 1 atom stereocenters. The summed E-state index contributed by atoms with van der Waals surface area (Å²) in [7, 11) is 3.55. The van der Waals surface area contributed by atoms with Crippen LogP contribution in [0.15, 0.2) is 42.6 Å². The SMILES string of the molecule is CCOC(=O)C(O)(CC(=O)/C=C/N(C)C)c1ccccc1. The Bertz CT molecular complexity index is 510. The van der Waals surface area contributed by atoms with Crippen molar-refractivity contribution in [3.63, 3.8) is 0 Å². The van der Waals surface area contributed by atoms with E-state index in [9.17, 15) is 14.7 Å². The van der Waals surface area contributed by atoms with Crippen molar-refractivity contribution in [2.45, 2.75) is 18.9 Å². The fourth-order valence-electron chi connectivity index (χ4n) is 1.80. The van der Waals surface area contributed by atoms with Gasteiger partial charge < -0.3 is 14.7 Å². The normalized spacial score (nSPS) is 13.7. The van der Waals surface area contributed by atoms with Crippen LogP contribution in [0, 0.1) is 0 Å². The average Bonchev–Trinajstić information content (AvgIpc) is 2.46. The van der Waals surface area contributed by atoms with Gasteiger partial charge in [0.2, 0.25) is 0 Å². The first-order valence-electron chi connectivity index (χ1n) is 6.72. The van der Waals surface area contributed by atoms with E-state index in [1.165, 1.54) is 6.08 Å². The maximum atomic E-state index is 12.1. The Kier molecular flexibility index (Phi) is 6.11. The highest BCUT2D eigenvalue weighted by molar-refractivity contribution is 5.95. The standard InChI is InChI=1S/C16H21NO4/c1-4-21-15(19)16(20,13-8-6-5-7-9-13)12-14(18)10-11-17(2)3/h5-11,20H,4,12H2,1-3H3/b11-10+. The van der Waals surface area contributed by atoms with Crippen molar-refractivity contribution in [3.05, 3.63) is 48.2 Å². The minimum Gasteiger partial charge on any atom is -0.464 e. The number of rotatable bonds is 7. The first kappa shape index (κ1) is 16.9. The molecule has 0 saturated heterocycles. The third kappa shape index (κ3) is 4.72. The fraction of sp³-hybridized carbons (Fsp3) is 0.375. The van der Waals surface area contributed by atoms with Crippen LogP contribution < -0.4 is 0 Å². The molecule has 0 radical (unpaired) electrons. The second-order valence-corrected chi connectivity index (χ2v) is 4.87. The van der Waals surface area contributed by atoms with Crippen LogP contribution in [-0.2, 0) is 19.9 Å². The summed E-state index contributed by atoms with van der Waals surface area (Å²) < 4.78 is 4.91. The molecule has 5 nitrogen and oxygen atoms in total. The Morgan fingerprint density at radius 1 is 1.29 bits per heavy atom. The van der Waals surface area contributed by atoms with Gasteiger partial charge in [-0.3, -0.25) is 4.79 Å². The number of ketones is 1. The monoisotopic (exact) mass is 291 g/mol. The van der Waals surface area contributed by atoms with Crippen molar-refractivity contribution in [1.29, 1.82) is 0 Å². The summed E-state index contributed by atoms with van der Waals surface area (Å²) in [6, 6.07) is 8.35. The van der Waals surface area contributed by atoms with E-state index >= 15 is 0 Å². The largest absolute Gasteiger partial charge is 0.464 e. The summed E-state index contributed by atoms with van der Waals surface area (Å²) in [4.78, 5) is 25.7. The van der Waals surface area contributed by atoms with Crippen LogP contribution in [0.25, 0.3) is 0 Å². The summed E-state index contributed by atoms with van der Waals surface area (Å²) in [5, 5.41) is 10.7. The number of nitrogens with zero attached hydrogens (tertiary/aromatic N) is 1. The summed E-state index contributed by atoms with van der Waals surface area (Å²) >= 11 is 0. The molecule has 0 aliphatic rings. The van der Waals surface area contributed by atoms with Crippen molar-refractivity contribution in [3.8, 4) is 0 Å². The zero-order valence-corrected chi connectivity index (χ0v) is 12.6. The van der Waals surface area contributed by atoms with Crippen LogP contribution in [0.5, 0.6) is 0 Å². The molecule has 0 amide bonds. The lowest BCUT2D eigenvalue weighted by Crippen LogP contribution is -2.39. The fourth-order valence-corrected chi connectivity index (χ4v) is 1.80. The van der Waals surface area contributed by atoms with Crippen LogP contribution in [0.3, 0.4) is 0 Å². The molecule has 0 heterocycles. The molecule has 0 aromatic heterocycles. The number of carbonyl (C=O) groups is 2. The first-order valence-corrected chi connectivity index (χ1v) is 6.72. The average molecular weight is 291 g/mol. The summed E-state index contributed by atoms with van der Waals surface area (Å²) in [5.41, 5.74) is -1.62. The van der Waals surface area contributed by atoms with Gasteiger partial charge in [0, 0.05) is 20.3 Å². The Hall–Kier alpha value is -2.14. The predicted octanol–water partition coefficient (Wildman–Crippen LogP) is 1.47. The van der Waals surface area contributed by atoms with Crippen molar-refractivity contribution in [1.82, 2.24) is 4.90 Å². The van der Waals surface area contributed by atoms with Gasteiger partial charge in [-0.2, -0.15) is 0 Å². The van der Waals surface area contributed by atoms with Crippen LogP contribution in [0.2, 0.25) is 0 Å².